The van der Waals surface area contributed by atoms with Crippen LogP contribution >= 0.6 is 0 Å². The minimum absolute atomic E-state index is 0.108. The van der Waals surface area contributed by atoms with Crippen LogP contribution in [0.1, 0.15) is 94.2 Å². The van der Waals surface area contributed by atoms with E-state index in [1.54, 1.807) is 0 Å². The first-order valence-corrected chi connectivity index (χ1v) is 26.7. The van der Waals surface area contributed by atoms with Crippen LogP contribution < -0.4 is 5.56 Å². The second-order valence-corrected chi connectivity index (χ2v) is 30.4. The summed E-state index contributed by atoms with van der Waals surface area (Å²) in [5.41, 5.74) is 16.9. The van der Waals surface area contributed by atoms with Crippen molar-refractivity contribution in [2.75, 3.05) is 0 Å². The number of hydrogen-bond donors (Lipinski definition) is 0. The molecule has 0 bridgehead atoms. The lowest BCUT2D eigenvalue weighted by molar-refractivity contribution is 0.838. The van der Waals surface area contributed by atoms with E-state index in [2.05, 4.69) is 179 Å². The van der Waals surface area contributed by atoms with Crippen LogP contribution in [0, 0.1) is 22.9 Å². The molecule has 0 aliphatic rings. The van der Waals surface area contributed by atoms with Crippen LogP contribution in [0.5, 0.6) is 0 Å². The summed E-state index contributed by atoms with van der Waals surface area (Å²) in [6, 6.07) is 29.2. The van der Waals surface area contributed by atoms with E-state index in [1.165, 1.54) is 0 Å². The van der Waals surface area contributed by atoms with Gasteiger partial charge in [-0.25, -0.2) is 15.0 Å². The van der Waals surface area contributed by atoms with Crippen molar-refractivity contribution in [3.05, 3.63) is 106 Å². The van der Waals surface area contributed by atoms with Gasteiger partial charge in [0.2, 0.25) is 0 Å². The van der Waals surface area contributed by atoms with Crippen molar-refractivity contribution in [1.29, 1.82) is 0 Å². The molecule has 9 rings (SSSR count). The van der Waals surface area contributed by atoms with Gasteiger partial charge in [-0.3, -0.25) is 9.20 Å². The molecule has 0 N–H and O–H groups in total. The van der Waals surface area contributed by atoms with E-state index in [0.29, 0.717) is 71.9 Å². The predicted molar refractivity (Wildman–Crippen MR) is 267 cm³/mol. The molecule has 9 aromatic rings. The van der Waals surface area contributed by atoms with E-state index in [-0.39, 0.29) is 5.56 Å². The van der Waals surface area contributed by atoms with Gasteiger partial charge in [-0.05, 0) is 55.5 Å². The number of aromatic nitrogens is 4. The summed E-state index contributed by atoms with van der Waals surface area (Å²) in [7, 11) is -4.54. The Labute approximate surface area is 361 Å². The lowest BCUT2D eigenvalue weighted by Crippen LogP contribution is -2.43. The summed E-state index contributed by atoms with van der Waals surface area (Å²) in [6.07, 6.45) is 0. The fourth-order valence-electron chi connectivity index (χ4n) is 11.7. The zero-order chi connectivity index (χ0) is 43.3. The standard InChI is InChI=1S/C54H56N4OSi2/c1-31(2)60(32(3)4,33(5)6)29-27-44-49-50(56-48-41-24-16-14-22-39(41)38-21-13-15-23-40(38)47(48)55-49)45(28-30-61(34(7)8,35(9)10)36(11)12)52-51(44)57-53-42-25-17-19-37-20-18-26-43(46(37)42)54(59)58(52)53/h13-26,31-36H,1-12H3. The highest BCUT2D eigenvalue weighted by atomic mass is 28.3. The zero-order valence-corrected chi connectivity index (χ0v) is 39.7. The van der Waals surface area contributed by atoms with Crippen molar-refractivity contribution < 1.29 is 0 Å². The molecule has 306 valence electrons. The van der Waals surface area contributed by atoms with Crippen molar-refractivity contribution in [1.82, 2.24) is 19.4 Å². The monoisotopic (exact) mass is 832 g/mol. The second-order valence-electron chi connectivity index (χ2n) is 19.2. The number of imidazole rings is 1. The summed E-state index contributed by atoms with van der Waals surface area (Å²) in [5.74, 6) is 7.75. The molecule has 0 spiro atoms. The van der Waals surface area contributed by atoms with E-state index in [1.807, 2.05) is 16.5 Å². The Hall–Kier alpha value is -5.61. The molecule has 0 fully saturated rings. The van der Waals surface area contributed by atoms with Crippen molar-refractivity contribution in [2.45, 2.75) is 116 Å². The Balaban J connectivity index is 1.61. The Morgan fingerprint density at radius 2 is 0.852 bits per heavy atom. The minimum atomic E-state index is -2.29. The summed E-state index contributed by atoms with van der Waals surface area (Å²) < 4.78 is 1.84. The van der Waals surface area contributed by atoms with Gasteiger partial charge in [0.25, 0.3) is 5.56 Å². The third-order valence-electron chi connectivity index (χ3n) is 14.5. The van der Waals surface area contributed by atoms with E-state index >= 15 is 4.79 Å². The summed E-state index contributed by atoms with van der Waals surface area (Å²) in [5, 5.41) is 7.87. The van der Waals surface area contributed by atoms with Gasteiger partial charge in [0.1, 0.15) is 38.3 Å². The average molecular weight is 833 g/mol. The summed E-state index contributed by atoms with van der Waals surface area (Å²) in [6.45, 7) is 28.1. The first-order valence-electron chi connectivity index (χ1n) is 22.3. The van der Waals surface area contributed by atoms with E-state index < -0.39 is 16.1 Å². The molecular weight excluding hydrogens is 777 g/mol. The molecular formula is C54H56N4OSi2. The van der Waals surface area contributed by atoms with Crippen molar-refractivity contribution in [3.63, 3.8) is 0 Å². The number of fused-ring (bicyclic) bond motifs is 11. The molecule has 0 amide bonds. The predicted octanol–water partition coefficient (Wildman–Crippen LogP) is 14.1. The smallest absolute Gasteiger partial charge is 0.264 e. The summed E-state index contributed by atoms with van der Waals surface area (Å²) >= 11 is 0. The fraction of sp³-hybridized carbons (Fsp3) is 0.333. The maximum Gasteiger partial charge on any atom is 0.264 e. The van der Waals surface area contributed by atoms with Crippen LogP contribution in [0.25, 0.3) is 81.8 Å². The number of hydrogen-bond acceptors (Lipinski definition) is 4. The van der Waals surface area contributed by atoms with Crippen molar-refractivity contribution >= 4 is 98.0 Å². The van der Waals surface area contributed by atoms with E-state index in [4.69, 9.17) is 15.0 Å². The molecule has 6 aromatic carbocycles. The first-order chi connectivity index (χ1) is 29.1. The van der Waals surface area contributed by atoms with E-state index in [9.17, 15) is 0 Å². The lowest BCUT2D eigenvalue weighted by atomic mass is 9.98. The maximum atomic E-state index is 15.2. The SMILES string of the molecule is CC(C)[Si](C#Cc1c2nc3c4ccccc4c4ccccc4c3nc2c(C#C[Si](C(C)C)(C(C)C)C(C)C)c2c1nc1c3cccc4cccc(c(=O)n12)c43)(C(C)C)C(C)C. The zero-order valence-electron chi connectivity index (χ0n) is 37.7. The molecule has 0 saturated heterocycles. The van der Waals surface area contributed by atoms with Crippen LogP contribution in [0.3, 0.4) is 0 Å². The largest absolute Gasteiger partial charge is 0.268 e. The third kappa shape index (κ3) is 5.80. The first kappa shape index (κ1) is 40.8. The van der Waals surface area contributed by atoms with Gasteiger partial charge >= 0.3 is 0 Å². The Morgan fingerprint density at radius 3 is 1.33 bits per heavy atom. The molecule has 3 aromatic heterocycles. The van der Waals surface area contributed by atoms with Crippen molar-refractivity contribution in [3.8, 4) is 22.9 Å². The number of nitrogens with zero attached hydrogens (tertiary/aromatic N) is 4. The van der Waals surface area contributed by atoms with Gasteiger partial charge < -0.3 is 0 Å². The van der Waals surface area contributed by atoms with E-state index in [0.717, 1.165) is 54.3 Å². The van der Waals surface area contributed by atoms with Gasteiger partial charge in [-0.1, -0.05) is 174 Å². The topological polar surface area (TPSA) is 60.2 Å². The van der Waals surface area contributed by atoms with Crippen molar-refractivity contribution in [2.24, 2.45) is 0 Å². The Bertz CT molecular complexity index is 3400. The molecule has 5 nitrogen and oxygen atoms in total. The quantitative estimate of drug-likeness (QED) is 0.0725. The highest BCUT2D eigenvalue weighted by Gasteiger charge is 2.43. The number of rotatable bonds is 6. The average Bonchev–Trinajstić information content (AvgIpc) is 3.63. The van der Waals surface area contributed by atoms with Crippen LogP contribution in [0.2, 0.25) is 33.2 Å². The molecule has 0 radical (unpaired) electrons. The molecule has 7 heteroatoms. The van der Waals surface area contributed by atoms with Crippen LogP contribution in [0.4, 0.5) is 0 Å². The number of pyridine rings is 1. The summed E-state index contributed by atoms with van der Waals surface area (Å²) in [4.78, 5) is 32.2. The number of benzene rings is 6. The molecule has 0 unspecified atom stereocenters. The molecule has 0 aliphatic carbocycles. The minimum Gasteiger partial charge on any atom is -0.268 e. The molecule has 3 heterocycles. The Kier molecular flexibility index (Phi) is 9.89. The van der Waals surface area contributed by atoms with Gasteiger partial charge in [0, 0.05) is 26.9 Å². The van der Waals surface area contributed by atoms with Crippen LogP contribution in [-0.4, -0.2) is 35.5 Å². The molecule has 0 aliphatic heterocycles. The third-order valence-corrected chi connectivity index (χ3v) is 27.1. The highest BCUT2D eigenvalue weighted by Crippen LogP contribution is 2.44. The molecule has 0 saturated carbocycles. The molecule has 0 atom stereocenters. The Morgan fingerprint density at radius 1 is 0.443 bits per heavy atom. The fourth-order valence-corrected chi connectivity index (χ4v) is 22.1. The second kappa shape index (κ2) is 14.8. The van der Waals surface area contributed by atoms with Gasteiger partial charge in [0.15, 0.2) is 0 Å². The highest BCUT2D eigenvalue weighted by molar-refractivity contribution is 6.91. The van der Waals surface area contributed by atoms with Gasteiger partial charge in [-0.2, -0.15) is 0 Å². The maximum absolute atomic E-state index is 15.2. The lowest BCUT2D eigenvalue weighted by Gasteiger charge is -2.38. The molecule has 61 heavy (non-hydrogen) atoms. The van der Waals surface area contributed by atoms with Crippen LogP contribution in [0.15, 0.2) is 89.7 Å². The van der Waals surface area contributed by atoms with Crippen LogP contribution in [-0.2, 0) is 0 Å². The normalized spacial score (nSPS) is 13.0. The van der Waals surface area contributed by atoms with Gasteiger partial charge in [-0.15, -0.1) is 11.1 Å². The van der Waals surface area contributed by atoms with Gasteiger partial charge in [0.05, 0.1) is 27.7 Å².